The molecule has 1 N–H and O–H groups in total. The summed E-state index contributed by atoms with van der Waals surface area (Å²) in [7, 11) is 0. The minimum atomic E-state index is -0.854. The third-order valence-corrected chi connectivity index (χ3v) is 4.06. The van der Waals surface area contributed by atoms with E-state index in [2.05, 4.69) is 0 Å². The summed E-state index contributed by atoms with van der Waals surface area (Å²) < 4.78 is 0. The van der Waals surface area contributed by atoms with Crippen LogP contribution in [0.3, 0.4) is 0 Å². The quantitative estimate of drug-likeness (QED) is 0.851. The summed E-state index contributed by atoms with van der Waals surface area (Å²) in [4.78, 5) is 11.8. The molecule has 0 spiro atoms. The molecular formula is C12H14O2S. The third-order valence-electron chi connectivity index (χ3n) is 2.71. The van der Waals surface area contributed by atoms with Crippen molar-refractivity contribution in [1.29, 1.82) is 0 Å². The second-order valence-corrected chi connectivity index (χ2v) is 5.23. The number of hydrogen-bond acceptors (Lipinski definition) is 2. The summed E-state index contributed by atoms with van der Waals surface area (Å²) in [6, 6.07) is 7.18. The number of hydrogen-bond donors (Lipinski definition) is 1. The summed E-state index contributed by atoms with van der Waals surface area (Å²) >= 11 is 1.88. The molecule has 1 aromatic rings. The predicted octanol–water partition coefficient (Wildman–Crippen LogP) is 3.42. The van der Waals surface area contributed by atoms with E-state index in [-0.39, 0.29) is 0 Å². The summed E-state index contributed by atoms with van der Waals surface area (Å²) in [6.45, 7) is 0. The first kappa shape index (κ1) is 10.6. The molecule has 1 aliphatic carbocycles. The molecule has 1 saturated carbocycles. The van der Waals surface area contributed by atoms with Crippen molar-refractivity contribution in [3.05, 3.63) is 29.8 Å². The number of carboxylic acid groups (broad SMARTS) is 1. The molecule has 0 amide bonds. The number of carboxylic acids is 1. The van der Waals surface area contributed by atoms with Crippen LogP contribution in [0.25, 0.3) is 0 Å². The molecule has 1 fully saturated rings. The Bertz CT molecular complexity index is 339. The lowest BCUT2D eigenvalue weighted by Crippen LogP contribution is -1.96. The van der Waals surface area contributed by atoms with Gasteiger partial charge in [0.25, 0.3) is 0 Å². The molecule has 1 aliphatic rings. The number of thioether (sulfide) groups is 1. The largest absolute Gasteiger partial charge is 0.478 e. The maximum Gasteiger partial charge on any atom is 0.335 e. The zero-order valence-electron chi connectivity index (χ0n) is 8.48. The number of carbonyl (C=O) groups is 1. The second kappa shape index (κ2) is 4.71. The fourth-order valence-electron chi connectivity index (χ4n) is 1.87. The van der Waals surface area contributed by atoms with Crippen molar-refractivity contribution in [2.45, 2.75) is 35.8 Å². The average molecular weight is 222 g/mol. The average Bonchev–Trinajstić information content (AvgIpc) is 2.71. The molecular weight excluding hydrogens is 208 g/mol. The van der Waals surface area contributed by atoms with Crippen LogP contribution in [-0.4, -0.2) is 16.3 Å². The van der Waals surface area contributed by atoms with Crippen LogP contribution in [0, 0.1) is 0 Å². The first-order chi connectivity index (χ1) is 7.25. The van der Waals surface area contributed by atoms with Crippen LogP contribution in [0.2, 0.25) is 0 Å². The van der Waals surface area contributed by atoms with Crippen molar-refractivity contribution in [1.82, 2.24) is 0 Å². The lowest BCUT2D eigenvalue weighted by atomic mass is 10.2. The van der Waals surface area contributed by atoms with Gasteiger partial charge in [-0.1, -0.05) is 12.8 Å². The van der Waals surface area contributed by atoms with Crippen molar-refractivity contribution >= 4 is 17.7 Å². The summed E-state index contributed by atoms with van der Waals surface area (Å²) in [5, 5.41) is 9.49. The summed E-state index contributed by atoms with van der Waals surface area (Å²) in [5.74, 6) is -0.854. The Kier molecular flexibility index (Phi) is 3.31. The molecule has 1 aromatic carbocycles. The van der Waals surface area contributed by atoms with Crippen molar-refractivity contribution < 1.29 is 9.90 Å². The minimum absolute atomic E-state index is 0.366. The maximum absolute atomic E-state index is 10.6. The van der Waals surface area contributed by atoms with Gasteiger partial charge >= 0.3 is 5.97 Å². The first-order valence-electron chi connectivity index (χ1n) is 5.26. The van der Waals surface area contributed by atoms with E-state index in [1.807, 2.05) is 23.9 Å². The van der Waals surface area contributed by atoms with Gasteiger partial charge in [-0.2, -0.15) is 0 Å². The van der Waals surface area contributed by atoms with Gasteiger partial charge in [0.15, 0.2) is 0 Å². The molecule has 0 radical (unpaired) electrons. The van der Waals surface area contributed by atoms with E-state index in [1.165, 1.54) is 30.6 Å². The highest BCUT2D eigenvalue weighted by atomic mass is 32.2. The lowest BCUT2D eigenvalue weighted by molar-refractivity contribution is 0.0697. The molecule has 2 nitrogen and oxygen atoms in total. The van der Waals surface area contributed by atoms with Crippen LogP contribution in [0.5, 0.6) is 0 Å². The fraction of sp³-hybridized carbons (Fsp3) is 0.417. The zero-order valence-corrected chi connectivity index (χ0v) is 9.30. The molecule has 80 valence electrons. The smallest absolute Gasteiger partial charge is 0.335 e. The molecule has 0 atom stereocenters. The highest BCUT2D eigenvalue weighted by Crippen LogP contribution is 2.34. The van der Waals surface area contributed by atoms with Crippen LogP contribution in [-0.2, 0) is 0 Å². The topological polar surface area (TPSA) is 37.3 Å². The van der Waals surface area contributed by atoms with E-state index < -0.39 is 5.97 Å². The van der Waals surface area contributed by atoms with Crippen LogP contribution in [0.15, 0.2) is 29.2 Å². The normalized spacial score (nSPS) is 16.8. The van der Waals surface area contributed by atoms with Crippen molar-refractivity contribution in [3.8, 4) is 0 Å². The van der Waals surface area contributed by atoms with Gasteiger partial charge in [0.2, 0.25) is 0 Å². The second-order valence-electron chi connectivity index (χ2n) is 3.85. The van der Waals surface area contributed by atoms with Crippen molar-refractivity contribution in [2.24, 2.45) is 0 Å². The van der Waals surface area contributed by atoms with E-state index in [9.17, 15) is 4.79 Å². The van der Waals surface area contributed by atoms with E-state index in [1.54, 1.807) is 12.1 Å². The Morgan fingerprint density at radius 3 is 2.33 bits per heavy atom. The van der Waals surface area contributed by atoms with Gasteiger partial charge in [0.1, 0.15) is 0 Å². The van der Waals surface area contributed by atoms with Crippen molar-refractivity contribution in [2.75, 3.05) is 0 Å². The van der Waals surface area contributed by atoms with Gasteiger partial charge in [-0.15, -0.1) is 11.8 Å². The Labute approximate surface area is 93.7 Å². The minimum Gasteiger partial charge on any atom is -0.478 e. The highest BCUT2D eigenvalue weighted by Gasteiger charge is 2.16. The molecule has 0 unspecified atom stereocenters. The van der Waals surface area contributed by atoms with Gasteiger partial charge in [0, 0.05) is 10.1 Å². The van der Waals surface area contributed by atoms with Crippen LogP contribution in [0.1, 0.15) is 36.0 Å². The molecule has 0 aliphatic heterocycles. The molecule has 0 saturated heterocycles. The molecule has 0 aromatic heterocycles. The van der Waals surface area contributed by atoms with Crippen molar-refractivity contribution in [3.63, 3.8) is 0 Å². The summed E-state index contributed by atoms with van der Waals surface area (Å²) in [6.07, 6.45) is 5.27. The van der Waals surface area contributed by atoms with Gasteiger partial charge < -0.3 is 5.11 Å². The SMILES string of the molecule is O=C(O)c1ccc(SC2CCCC2)cc1. The highest BCUT2D eigenvalue weighted by molar-refractivity contribution is 8.00. The zero-order chi connectivity index (χ0) is 10.7. The van der Waals surface area contributed by atoms with Crippen LogP contribution < -0.4 is 0 Å². The Balaban J connectivity index is 2.00. The predicted molar refractivity (Wildman–Crippen MR) is 61.5 cm³/mol. The third kappa shape index (κ3) is 2.75. The molecule has 0 heterocycles. The van der Waals surface area contributed by atoms with E-state index in [0.717, 1.165) is 5.25 Å². The van der Waals surface area contributed by atoms with Gasteiger partial charge in [0.05, 0.1) is 5.56 Å². The first-order valence-corrected chi connectivity index (χ1v) is 6.14. The molecule has 0 bridgehead atoms. The Morgan fingerprint density at radius 1 is 1.20 bits per heavy atom. The monoisotopic (exact) mass is 222 g/mol. The van der Waals surface area contributed by atoms with E-state index in [0.29, 0.717) is 5.56 Å². The van der Waals surface area contributed by atoms with Gasteiger partial charge in [-0.25, -0.2) is 4.79 Å². The lowest BCUT2D eigenvalue weighted by Gasteiger charge is -2.08. The Hall–Kier alpha value is -0.960. The van der Waals surface area contributed by atoms with Crippen LogP contribution in [0.4, 0.5) is 0 Å². The number of aromatic carboxylic acids is 1. The number of rotatable bonds is 3. The fourth-order valence-corrected chi connectivity index (χ4v) is 3.12. The van der Waals surface area contributed by atoms with E-state index in [4.69, 9.17) is 5.11 Å². The van der Waals surface area contributed by atoms with Gasteiger partial charge in [-0.3, -0.25) is 0 Å². The molecule has 2 rings (SSSR count). The molecule has 3 heteroatoms. The number of benzene rings is 1. The maximum atomic E-state index is 10.6. The van der Waals surface area contributed by atoms with Crippen LogP contribution >= 0.6 is 11.8 Å². The Morgan fingerprint density at radius 2 is 1.80 bits per heavy atom. The van der Waals surface area contributed by atoms with Gasteiger partial charge in [-0.05, 0) is 37.1 Å². The summed E-state index contributed by atoms with van der Waals surface area (Å²) in [5.41, 5.74) is 0.366. The molecule has 15 heavy (non-hydrogen) atoms. The standard InChI is InChI=1S/C12H14O2S/c13-12(14)9-5-7-11(8-6-9)15-10-3-1-2-4-10/h5-8,10H,1-4H2,(H,13,14). The van der Waals surface area contributed by atoms with E-state index >= 15 is 0 Å².